The Hall–Kier alpha value is -1.27. The summed E-state index contributed by atoms with van der Waals surface area (Å²) in [5.74, 6) is 0.619. The highest BCUT2D eigenvalue weighted by atomic mass is 32.2. The second-order valence-electron chi connectivity index (χ2n) is 5.32. The first kappa shape index (κ1) is 14.1. The van der Waals surface area contributed by atoms with Gasteiger partial charge in [-0.05, 0) is 24.5 Å². The molecule has 1 fully saturated rings. The molecule has 1 aliphatic heterocycles. The van der Waals surface area contributed by atoms with Gasteiger partial charge in [0.1, 0.15) is 4.90 Å². The second-order valence-corrected chi connectivity index (χ2v) is 7.44. The minimum Gasteiger partial charge on any atom is -0.396 e. The van der Waals surface area contributed by atoms with Crippen LogP contribution in [0, 0.1) is 5.92 Å². The van der Waals surface area contributed by atoms with Gasteiger partial charge >= 0.3 is 0 Å². The highest BCUT2D eigenvalue weighted by Crippen LogP contribution is 2.33. The maximum Gasteiger partial charge on any atom is 0.244 e. The van der Waals surface area contributed by atoms with Crippen LogP contribution >= 0.6 is 0 Å². The summed E-state index contributed by atoms with van der Waals surface area (Å²) >= 11 is 0. The Morgan fingerprint density at radius 1 is 1.37 bits per heavy atom. The zero-order valence-electron chi connectivity index (χ0n) is 11.6. The number of rotatable bonds is 3. The Bertz CT molecular complexity index is 569. The summed E-state index contributed by atoms with van der Waals surface area (Å²) in [7, 11) is -0.465. The fourth-order valence-electron chi connectivity index (χ4n) is 2.38. The van der Waals surface area contributed by atoms with E-state index in [-0.39, 0.29) is 4.90 Å². The number of hydrogen-bond donors (Lipinski definition) is 1. The number of para-hydroxylation sites is 1. The van der Waals surface area contributed by atoms with E-state index in [0.717, 1.165) is 25.2 Å². The van der Waals surface area contributed by atoms with E-state index in [1.807, 2.05) is 6.07 Å². The Labute approximate surface area is 115 Å². The largest absolute Gasteiger partial charge is 0.396 e. The lowest BCUT2D eigenvalue weighted by Gasteiger charge is -2.22. The van der Waals surface area contributed by atoms with E-state index in [2.05, 4.69) is 11.8 Å². The molecule has 5 nitrogen and oxygen atoms in total. The van der Waals surface area contributed by atoms with Crippen molar-refractivity contribution < 1.29 is 8.42 Å². The summed E-state index contributed by atoms with van der Waals surface area (Å²) in [6, 6.07) is 5.21. The molecule has 1 aromatic carbocycles. The summed E-state index contributed by atoms with van der Waals surface area (Å²) in [6.07, 6.45) is 1.12. The third-order valence-corrected chi connectivity index (χ3v) is 5.44. The molecule has 2 N–H and O–H groups in total. The molecule has 1 saturated heterocycles. The quantitative estimate of drug-likeness (QED) is 0.851. The van der Waals surface area contributed by atoms with Crippen molar-refractivity contribution in [1.29, 1.82) is 0 Å². The molecule has 1 heterocycles. The number of nitrogens with zero attached hydrogens (tertiary/aromatic N) is 2. The lowest BCUT2D eigenvalue weighted by atomic mass is 10.2. The van der Waals surface area contributed by atoms with E-state index in [0.29, 0.717) is 11.6 Å². The normalized spacial score (nSPS) is 20.2. The van der Waals surface area contributed by atoms with Crippen molar-refractivity contribution in [2.75, 3.05) is 37.8 Å². The minimum absolute atomic E-state index is 0.189. The molecular formula is C13H21N3O2S. The topological polar surface area (TPSA) is 66.6 Å². The van der Waals surface area contributed by atoms with Crippen LogP contribution in [0.1, 0.15) is 13.3 Å². The summed E-state index contributed by atoms with van der Waals surface area (Å²) < 4.78 is 25.6. The number of nitrogen functional groups attached to an aromatic ring is 1. The van der Waals surface area contributed by atoms with E-state index in [1.165, 1.54) is 18.4 Å². The molecule has 2 rings (SSSR count). The van der Waals surface area contributed by atoms with Gasteiger partial charge in [0.05, 0.1) is 11.4 Å². The Morgan fingerprint density at radius 3 is 2.58 bits per heavy atom. The first-order valence-corrected chi connectivity index (χ1v) is 7.84. The van der Waals surface area contributed by atoms with Crippen LogP contribution in [0.15, 0.2) is 23.1 Å². The predicted octanol–water partition coefficient (Wildman–Crippen LogP) is 1.37. The van der Waals surface area contributed by atoms with E-state index in [1.54, 1.807) is 12.1 Å². The second kappa shape index (κ2) is 5.02. The van der Waals surface area contributed by atoms with Crippen LogP contribution in [0.4, 0.5) is 11.4 Å². The maximum atomic E-state index is 12.2. The maximum absolute atomic E-state index is 12.2. The van der Waals surface area contributed by atoms with Crippen LogP contribution in [0.25, 0.3) is 0 Å². The van der Waals surface area contributed by atoms with Crippen molar-refractivity contribution in [3.63, 3.8) is 0 Å². The first-order valence-electron chi connectivity index (χ1n) is 6.40. The van der Waals surface area contributed by atoms with Gasteiger partial charge in [-0.2, -0.15) is 0 Å². The van der Waals surface area contributed by atoms with Crippen molar-refractivity contribution in [3.05, 3.63) is 18.2 Å². The first-order chi connectivity index (χ1) is 8.84. The SMILES string of the molecule is CC1CCN(c2cccc(S(=O)(=O)N(C)C)c2N)C1. The van der Waals surface area contributed by atoms with Crippen LogP contribution < -0.4 is 10.6 Å². The smallest absolute Gasteiger partial charge is 0.244 e. The van der Waals surface area contributed by atoms with Crippen molar-refractivity contribution >= 4 is 21.4 Å². The number of anilines is 2. The molecule has 0 bridgehead atoms. The average Bonchev–Trinajstić information content (AvgIpc) is 2.75. The molecular weight excluding hydrogens is 262 g/mol. The van der Waals surface area contributed by atoms with Gasteiger partial charge in [0.15, 0.2) is 0 Å². The summed E-state index contributed by atoms with van der Waals surface area (Å²) in [4.78, 5) is 2.35. The van der Waals surface area contributed by atoms with Crippen LogP contribution in [-0.2, 0) is 10.0 Å². The number of sulfonamides is 1. The zero-order chi connectivity index (χ0) is 14.2. The molecule has 0 radical (unpaired) electrons. The molecule has 106 valence electrons. The van der Waals surface area contributed by atoms with Gasteiger partial charge in [0.2, 0.25) is 10.0 Å². The lowest BCUT2D eigenvalue weighted by Crippen LogP contribution is -2.25. The third-order valence-electron chi connectivity index (χ3n) is 3.57. The molecule has 1 aliphatic rings. The van der Waals surface area contributed by atoms with Crippen molar-refractivity contribution in [2.45, 2.75) is 18.2 Å². The fourth-order valence-corrected chi connectivity index (χ4v) is 3.41. The molecule has 0 saturated carbocycles. The van der Waals surface area contributed by atoms with Crippen LogP contribution in [-0.4, -0.2) is 39.9 Å². The van der Waals surface area contributed by atoms with Gasteiger partial charge in [-0.3, -0.25) is 0 Å². The predicted molar refractivity (Wildman–Crippen MR) is 77.7 cm³/mol. The van der Waals surface area contributed by atoms with Gasteiger partial charge in [-0.1, -0.05) is 13.0 Å². The molecule has 0 spiro atoms. The fraction of sp³-hybridized carbons (Fsp3) is 0.538. The van der Waals surface area contributed by atoms with Gasteiger partial charge in [-0.15, -0.1) is 0 Å². The highest BCUT2D eigenvalue weighted by molar-refractivity contribution is 7.89. The molecule has 0 amide bonds. The van der Waals surface area contributed by atoms with Crippen molar-refractivity contribution in [2.24, 2.45) is 5.92 Å². The minimum atomic E-state index is -3.49. The Balaban J connectivity index is 2.45. The van der Waals surface area contributed by atoms with Crippen LogP contribution in [0.5, 0.6) is 0 Å². The molecule has 1 atom stereocenters. The van der Waals surface area contributed by atoms with E-state index < -0.39 is 10.0 Å². The van der Waals surface area contributed by atoms with E-state index >= 15 is 0 Å². The molecule has 1 unspecified atom stereocenters. The Morgan fingerprint density at radius 2 is 2.05 bits per heavy atom. The molecule has 1 aromatic rings. The lowest BCUT2D eigenvalue weighted by molar-refractivity contribution is 0.521. The molecule has 0 aliphatic carbocycles. The van der Waals surface area contributed by atoms with Gasteiger partial charge in [-0.25, -0.2) is 12.7 Å². The van der Waals surface area contributed by atoms with Gasteiger partial charge in [0.25, 0.3) is 0 Å². The standard InChI is InChI=1S/C13H21N3O2S/c1-10-7-8-16(9-10)11-5-4-6-12(13(11)14)19(17,18)15(2)3/h4-6,10H,7-9,14H2,1-3H3. The number of hydrogen-bond acceptors (Lipinski definition) is 4. The van der Waals surface area contributed by atoms with Crippen LogP contribution in [0.2, 0.25) is 0 Å². The highest BCUT2D eigenvalue weighted by Gasteiger charge is 2.26. The number of nitrogens with two attached hydrogens (primary N) is 1. The molecule has 6 heteroatoms. The zero-order valence-corrected chi connectivity index (χ0v) is 12.4. The Kier molecular flexibility index (Phi) is 3.73. The molecule has 0 aromatic heterocycles. The van der Waals surface area contributed by atoms with E-state index in [4.69, 9.17) is 5.73 Å². The monoisotopic (exact) mass is 283 g/mol. The molecule has 19 heavy (non-hydrogen) atoms. The van der Waals surface area contributed by atoms with Crippen LogP contribution in [0.3, 0.4) is 0 Å². The third kappa shape index (κ3) is 2.55. The van der Waals surface area contributed by atoms with Crippen molar-refractivity contribution in [1.82, 2.24) is 4.31 Å². The van der Waals surface area contributed by atoms with Crippen molar-refractivity contribution in [3.8, 4) is 0 Å². The van der Waals surface area contributed by atoms with E-state index in [9.17, 15) is 8.42 Å². The van der Waals surface area contributed by atoms with Gasteiger partial charge in [0, 0.05) is 27.2 Å². The van der Waals surface area contributed by atoms with Gasteiger partial charge < -0.3 is 10.6 Å². The summed E-state index contributed by atoms with van der Waals surface area (Å²) in [6.45, 7) is 4.04. The average molecular weight is 283 g/mol. The number of benzene rings is 1. The summed E-state index contributed by atoms with van der Waals surface area (Å²) in [5, 5.41) is 0. The summed E-state index contributed by atoms with van der Waals surface area (Å²) in [5.41, 5.74) is 7.26.